The second-order valence-corrected chi connectivity index (χ2v) is 6.00. The van der Waals surface area contributed by atoms with Crippen molar-refractivity contribution in [2.24, 2.45) is 5.92 Å². The van der Waals surface area contributed by atoms with Gasteiger partial charge in [-0.2, -0.15) is 0 Å². The molecule has 2 nitrogen and oxygen atoms in total. The highest BCUT2D eigenvalue weighted by Crippen LogP contribution is 2.31. The van der Waals surface area contributed by atoms with E-state index < -0.39 is 0 Å². The molecule has 1 aliphatic carbocycles. The summed E-state index contributed by atoms with van der Waals surface area (Å²) in [4.78, 5) is 11.9. The number of carbonyl (C=O) groups excluding carboxylic acids is 1. The summed E-state index contributed by atoms with van der Waals surface area (Å²) in [6, 6.07) is 5.22. The van der Waals surface area contributed by atoms with E-state index in [-0.39, 0.29) is 5.91 Å². The minimum atomic E-state index is 0.000531. The predicted octanol–water partition coefficient (Wildman–Crippen LogP) is 5.29. The van der Waals surface area contributed by atoms with Crippen molar-refractivity contribution in [1.82, 2.24) is 0 Å². The molecular weight excluding hydrogens is 281 g/mol. The number of halogens is 2. The first kappa shape index (κ1) is 14.7. The average molecular weight is 300 g/mol. The Kier molecular flexibility index (Phi) is 5.53. The van der Waals surface area contributed by atoms with Crippen LogP contribution in [0.15, 0.2) is 18.2 Å². The molecule has 0 atom stereocenters. The first-order valence-corrected chi connectivity index (χ1v) is 7.66. The molecule has 0 aromatic heterocycles. The Morgan fingerprint density at radius 2 is 1.79 bits per heavy atom. The molecule has 0 unspecified atom stereocenters. The first-order chi connectivity index (χ1) is 9.16. The van der Waals surface area contributed by atoms with E-state index >= 15 is 0 Å². The summed E-state index contributed by atoms with van der Waals surface area (Å²) in [5, 5.41) is 3.78. The van der Waals surface area contributed by atoms with Crippen LogP contribution in [0.2, 0.25) is 10.0 Å². The molecule has 1 fully saturated rings. The summed E-state index contributed by atoms with van der Waals surface area (Å²) in [7, 11) is 0. The lowest BCUT2D eigenvalue weighted by Gasteiger charge is -2.21. The van der Waals surface area contributed by atoms with Crippen molar-refractivity contribution in [3.63, 3.8) is 0 Å². The molecular formula is C15H19Cl2NO. The van der Waals surface area contributed by atoms with Gasteiger partial charge in [-0.15, -0.1) is 0 Å². The van der Waals surface area contributed by atoms with Crippen LogP contribution < -0.4 is 5.32 Å². The van der Waals surface area contributed by atoms with Crippen molar-refractivity contribution >= 4 is 34.8 Å². The maximum atomic E-state index is 11.9. The molecule has 104 valence electrons. The second-order valence-electron chi connectivity index (χ2n) is 5.19. The average Bonchev–Trinajstić information content (AvgIpc) is 2.42. The highest BCUT2D eigenvalue weighted by atomic mass is 35.5. The molecule has 1 aromatic carbocycles. The molecule has 1 amide bonds. The van der Waals surface area contributed by atoms with Crippen molar-refractivity contribution in [2.45, 2.75) is 44.9 Å². The lowest BCUT2D eigenvalue weighted by molar-refractivity contribution is -0.116. The molecule has 1 aromatic rings. The van der Waals surface area contributed by atoms with Crippen LogP contribution in [0.4, 0.5) is 5.69 Å². The number of para-hydroxylation sites is 1. The van der Waals surface area contributed by atoms with Crippen LogP contribution in [0.3, 0.4) is 0 Å². The zero-order valence-corrected chi connectivity index (χ0v) is 12.4. The predicted molar refractivity (Wildman–Crippen MR) is 80.9 cm³/mol. The highest BCUT2D eigenvalue weighted by Gasteiger charge is 2.15. The number of amides is 1. The Morgan fingerprint density at radius 1 is 1.16 bits per heavy atom. The quantitative estimate of drug-likeness (QED) is 0.804. The number of hydrogen-bond donors (Lipinski definition) is 1. The van der Waals surface area contributed by atoms with Crippen LogP contribution in [0.1, 0.15) is 44.9 Å². The van der Waals surface area contributed by atoms with Crippen LogP contribution >= 0.6 is 23.2 Å². The monoisotopic (exact) mass is 299 g/mol. The van der Waals surface area contributed by atoms with E-state index in [4.69, 9.17) is 23.2 Å². The Balaban J connectivity index is 1.83. The SMILES string of the molecule is O=C(CCC1CCCCC1)Nc1c(Cl)cccc1Cl. The molecule has 1 aliphatic rings. The van der Waals surface area contributed by atoms with Crippen LogP contribution in [-0.2, 0) is 4.79 Å². The third-order valence-electron chi connectivity index (χ3n) is 3.73. The molecule has 0 heterocycles. The minimum absolute atomic E-state index is 0.000531. The second kappa shape index (κ2) is 7.16. The van der Waals surface area contributed by atoms with Crippen molar-refractivity contribution in [2.75, 3.05) is 5.32 Å². The van der Waals surface area contributed by atoms with Gasteiger partial charge in [0.15, 0.2) is 0 Å². The third kappa shape index (κ3) is 4.39. The maximum Gasteiger partial charge on any atom is 0.224 e. The van der Waals surface area contributed by atoms with Gasteiger partial charge in [0.25, 0.3) is 0 Å². The van der Waals surface area contributed by atoms with E-state index in [1.54, 1.807) is 18.2 Å². The number of anilines is 1. The third-order valence-corrected chi connectivity index (χ3v) is 4.36. The van der Waals surface area contributed by atoms with Gasteiger partial charge >= 0.3 is 0 Å². The Morgan fingerprint density at radius 3 is 2.42 bits per heavy atom. The van der Waals surface area contributed by atoms with Gasteiger partial charge < -0.3 is 5.32 Å². The summed E-state index contributed by atoms with van der Waals surface area (Å²) < 4.78 is 0. The zero-order valence-electron chi connectivity index (χ0n) is 10.9. The molecule has 0 aliphatic heterocycles. The molecule has 1 saturated carbocycles. The molecule has 1 N–H and O–H groups in total. The molecule has 19 heavy (non-hydrogen) atoms. The summed E-state index contributed by atoms with van der Waals surface area (Å²) in [5.41, 5.74) is 0.527. The van der Waals surface area contributed by atoms with E-state index in [0.717, 1.165) is 6.42 Å². The fraction of sp³-hybridized carbons (Fsp3) is 0.533. The van der Waals surface area contributed by atoms with Gasteiger partial charge in [0.1, 0.15) is 0 Å². The van der Waals surface area contributed by atoms with Gasteiger partial charge in [-0.05, 0) is 24.5 Å². The van der Waals surface area contributed by atoms with Crippen LogP contribution in [0.25, 0.3) is 0 Å². The Hall–Kier alpha value is -0.730. The summed E-state index contributed by atoms with van der Waals surface area (Å²) in [6.45, 7) is 0. The molecule has 2 rings (SSSR count). The largest absolute Gasteiger partial charge is 0.324 e. The van der Waals surface area contributed by atoms with Gasteiger partial charge in [-0.1, -0.05) is 61.4 Å². The topological polar surface area (TPSA) is 29.1 Å². The van der Waals surface area contributed by atoms with Gasteiger partial charge in [-0.25, -0.2) is 0 Å². The maximum absolute atomic E-state index is 11.9. The minimum Gasteiger partial charge on any atom is -0.324 e. The van der Waals surface area contributed by atoms with Gasteiger partial charge in [0.2, 0.25) is 5.91 Å². The lowest BCUT2D eigenvalue weighted by atomic mass is 9.86. The summed E-state index contributed by atoms with van der Waals surface area (Å²) in [5.74, 6) is 0.710. The molecule has 0 radical (unpaired) electrons. The number of hydrogen-bond acceptors (Lipinski definition) is 1. The van der Waals surface area contributed by atoms with E-state index in [2.05, 4.69) is 5.32 Å². The van der Waals surface area contributed by atoms with E-state index in [0.29, 0.717) is 28.1 Å². The molecule has 4 heteroatoms. The van der Waals surface area contributed by atoms with Crippen LogP contribution in [-0.4, -0.2) is 5.91 Å². The van der Waals surface area contributed by atoms with E-state index in [1.165, 1.54) is 32.1 Å². The number of nitrogens with one attached hydrogen (secondary N) is 1. The van der Waals surface area contributed by atoms with E-state index in [1.807, 2.05) is 0 Å². The number of carbonyl (C=O) groups is 1. The van der Waals surface area contributed by atoms with Gasteiger partial charge in [0.05, 0.1) is 15.7 Å². The number of benzene rings is 1. The fourth-order valence-electron chi connectivity index (χ4n) is 2.63. The Labute approximate surface area is 124 Å². The normalized spacial score (nSPS) is 16.3. The summed E-state index contributed by atoms with van der Waals surface area (Å²) >= 11 is 12.0. The Bertz CT molecular complexity index is 422. The van der Waals surface area contributed by atoms with Crippen molar-refractivity contribution < 1.29 is 4.79 Å². The van der Waals surface area contributed by atoms with Gasteiger partial charge in [0, 0.05) is 6.42 Å². The lowest BCUT2D eigenvalue weighted by Crippen LogP contribution is -2.15. The zero-order chi connectivity index (χ0) is 13.7. The van der Waals surface area contributed by atoms with Gasteiger partial charge in [-0.3, -0.25) is 4.79 Å². The van der Waals surface area contributed by atoms with Crippen molar-refractivity contribution in [3.8, 4) is 0 Å². The molecule has 0 saturated heterocycles. The molecule has 0 bridgehead atoms. The first-order valence-electron chi connectivity index (χ1n) is 6.90. The standard InChI is InChI=1S/C15H19Cl2NO/c16-12-7-4-8-13(17)15(12)18-14(19)10-9-11-5-2-1-3-6-11/h4,7-8,11H,1-3,5-6,9-10H2,(H,18,19). The van der Waals surface area contributed by atoms with E-state index in [9.17, 15) is 4.79 Å². The van der Waals surface area contributed by atoms with Crippen molar-refractivity contribution in [3.05, 3.63) is 28.2 Å². The fourth-order valence-corrected chi connectivity index (χ4v) is 3.12. The van der Waals surface area contributed by atoms with Crippen LogP contribution in [0.5, 0.6) is 0 Å². The van der Waals surface area contributed by atoms with Crippen molar-refractivity contribution in [1.29, 1.82) is 0 Å². The highest BCUT2D eigenvalue weighted by molar-refractivity contribution is 6.39. The number of rotatable bonds is 4. The van der Waals surface area contributed by atoms with Crippen LogP contribution in [0, 0.1) is 5.92 Å². The molecule has 0 spiro atoms. The smallest absolute Gasteiger partial charge is 0.224 e. The summed E-state index contributed by atoms with van der Waals surface area (Å²) in [6.07, 6.45) is 8.00.